The highest BCUT2D eigenvalue weighted by Gasteiger charge is 2.19. The van der Waals surface area contributed by atoms with E-state index in [1.807, 2.05) is 0 Å². The summed E-state index contributed by atoms with van der Waals surface area (Å²) < 4.78 is 16.9. The van der Waals surface area contributed by atoms with Gasteiger partial charge in [-0.3, -0.25) is 14.4 Å². The average Bonchev–Trinajstić information content (AvgIpc) is 3.35. The van der Waals surface area contributed by atoms with Crippen molar-refractivity contribution >= 4 is 17.9 Å². The fourth-order valence-corrected chi connectivity index (χ4v) is 9.90. The molecule has 70 heavy (non-hydrogen) atoms. The molecule has 0 aliphatic heterocycles. The Morgan fingerprint density at radius 3 is 0.814 bits per heavy atom. The Hall–Kier alpha value is -1.59. The van der Waals surface area contributed by atoms with Gasteiger partial charge in [0.25, 0.3) is 0 Å². The molecule has 0 aromatic rings. The summed E-state index contributed by atoms with van der Waals surface area (Å²) in [6.45, 7) is 11.5. The first-order chi connectivity index (χ1) is 34.3. The largest absolute Gasteiger partial charge is 0.462 e. The van der Waals surface area contributed by atoms with Crippen molar-refractivity contribution in [1.82, 2.24) is 0 Å². The van der Waals surface area contributed by atoms with Crippen LogP contribution in [0.1, 0.15) is 362 Å². The number of hydrogen-bond donors (Lipinski definition) is 0. The van der Waals surface area contributed by atoms with Gasteiger partial charge in [-0.15, -0.1) is 0 Å². The summed E-state index contributed by atoms with van der Waals surface area (Å²) in [5.74, 6) is 0.903. The number of rotatable bonds is 58. The van der Waals surface area contributed by atoms with Crippen LogP contribution >= 0.6 is 0 Å². The van der Waals surface area contributed by atoms with Gasteiger partial charge in [0.1, 0.15) is 13.2 Å². The molecule has 416 valence electrons. The van der Waals surface area contributed by atoms with Crippen molar-refractivity contribution in [2.75, 3.05) is 13.2 Å². The SMILES string of the molecule is CCCCCCCCCCCCCCCCCCC(=O)OC[C@H](COC(=O)CCCCCCCCCCCCCC(C)C)OC(=O)CCCCCCCCCCCCCCCCCCCCC(C)CC. The van der Waals surface area contributed by atoms with Gasteiger partial charge in [0.2, 0.25) is 0 Å². The summed E-state index contributed by atoms with van der Waals surface area (Å²) in [5, 5.41) is 0. The van der Waals surface area contributed by atoms with E-state index in [2.05, 4.69) is 34.6 Å². The Balaban J connectivity index is 4.26. The summed E-state index contributed by atoms with van der Waals surface area (Å²) in [5.41, 5.74) is 0. The third kappa shape index (κ3) is 55.7. The molecule has 1 unspecified atom stereocenters. The van der Waals surface area contributed by atoms with Crippen molar-refractivity contribution in [2.45, 2.75) is 368 Å². The molecule has 2 atom stereocenters. The van der Waals surface area contributed by atoms with E-state index >= 15 is 0 Å². The normalized spacial score (nSPS) is 12.4. The topological polar surface area (TPSA) is 78.9 Å². The lowest BCUT2D eigenvalue weighted by atomic mass is 9.99. The van der Waals surface area contributed by atoms with Crippen LogP contribution in [0.2, 0.25) is 0 Å². The number of esters is 3. The highest BCUT2D eigenvalue weighted by molar-refractivity contribution is 5.71. The van der Waals surface area contributed by atoms with E-state index in [-0.39, 0.29) is 31.1 Å². The van der Waals surface area contributed by atoms with Crippen molar-refractivity contribution in [3.8, 4) is 0 Å². The van der Waals surface area contributed by atoms with E-state index in [1.54, 1.807) is 0 Å². The average molecular weight is 990 g/mol. The zero-order valence-electron chi connectivity index (χ0n) is 48.2. The zero-order valence-corrected chi connectivity index (χ0v) is 48.2. The van der Waals surface area contributed by atoms with Crippen LogP contribution in [0.15, 0.2) is 0 Å². The van der Waals surface area contributed by atoms with Crippen LogP contribution in [0.4, 0.5) is 0 Å². The zero-order chi connectivity index (χ0) is 51.1. The van der Waals surface area contributed by atoms with Crippen molar-refractivity contribution in [1.29, 1.82) is 0 Å². The van der Waals surface area contributed by atoms with Crippen molar-refractivity contribution < 1.29 is 28.6 Å². The fourth-order valence-electron chi connectivity index (χ4n) is 9.90. The predicted molar refractivity (Wildman–Crippen MR) is 303 cm³/mol. The Morgan fingerprint density at radius 2 is 0.543 bits per heavy atom. The first-order valence-corrected chi connectivity index (χ1v) is 31.8. The molecule has 0 fully saturated rings. The van der Waals surface area contributed by atoms with Crippen LogP contribution in [0.25, 0.3) is 0 Å². The second-order valence-corrected chi connectivity index (χ2v) is 22.8. The standard InChI is InChI=1S/C64H124O6/c1-6-8-9-10-11-12-13-14-15-21-24-29-34-39-44-49-54-62(65)68-57-61(58-69-63(66)55-50-45-40-35-31-26-27-32-37-42-47-52-59(3)4)70-64(67)56-51-46-41-36-30-25-22-19-17-16-18-20-23-28-33-38-43-48-53-60(5)7-2/h59-61H,6-58H2,1-5H3/t60?,61-/m1/s1. The van der Waals surface area contributed by atoms with Gasteiger partial charge < -0.3 is 14.2 Å². The van der Waals surface area contributed by atoms with Gasteiger partial charge in [0.15, 0.2) is 6.10 Å². The van der Waals surface area contributed by atoms with Gasteiger partial charge in [0.05, 0.1) is 0 Å². The number of unbranched alkanes of at least 4 members (excludes halogenated alkanes) is 42. The van der Waals surface area contributed by atoms with E-state index < -0.39 is 6.10 Å². The molecule has 0 aromatic carbocycles. The lowest BCUT2D eigenvalue weighted by Crippen LogP contribution is -2.30. The smallest absolute Gasteiger partial charge is 0.306 e. The molecule has 6 nitrogen and oxygen atoms in total. The van der Waals surface area contributed by atoms with Crippen LogP contribution < -0.4 is 0 Å². The monoisotopic (exact) mass is 989 g/mol. The van der Waals surface area contributed by atoms with E-state index in [0.717, 1.165) is 69.6 Å². The Morgan fingerprint density at radius 1 is 0.300 bits per heavy atom. The molecule has 0 saturated heterocycles. The predicted octanol–water partition coefficient (Wildman–Crippen LogP) is 21.2. The van der Waals surface area contributed by atoms with Gasteiger partial charge in [-0.1, -0.05) is 324 Å². The van der Waals surface area contributed by atoms with Crippen LogP contribution in [0, 0.1) is 11.8 Å². The second-order valence-electron chi connectivity index (χ2n) is 22.8. The fraction of sp³-hybridized carbons (Fsp3) is 0.953. The minimum absolute atomic E-state index is 0.0620. The lowest BCUT2D eigenvalue weighted by Gasteiger charge is -2.18. The molecule has 0 aliphatic carbocycles. The van der Waals surface area contributed by atoms with Crippen LogP contribution in [-0.4, -0.2) is 37.2 Å². The minimum atomic E-state index is -0.763. The summed E-state index contributed by atoms with van der Waals surface area (Å²) in [6.07, 6.45) is 62.4. The van der Waals surface area contributed by atoms with E-state index in [0.29, 0.717) is 19.3 Å². The van der Waals surface area contributed by atoms with Gasteiger partial charge in [-0.2, -0.15) is 0 Å². The van der Waals surface area contributed by atoms with Crippen molar-refractivity contribution in [2.24, 2.45) is 11.8 Å². The highest BCUT2D eigenvalue weighted by Crippen LogP contribution is 2.19. The van der Waals surface area contributed by atoms with Crippen LogP contribution in [0.5, 0.6) is 0 Å². The molecule has 0 rings (SSSR count). The summed E-state index contributed by atoms with van der Waals surface area (Å²) in [7, 11) is 0. The number of hydrogen-bond acceptors (Lipinski definition) is 6. The Bertz CT molecular complexity index is 1070. The first-order valence-electron chi connectivity index (χ1n) is 31.8. The van der Waals surface area contributed by atoms with Crippen LogP contribution in [-0.2, 0) is 28.6 Å². The summed E-state index contributed by atoms with van der Waals surface area (Å²) in [6, 6.07) is 0. The number of carbonyl (C=O) groups excluding carboxylic acids is 3. The number of ether oxygens (including phenoxy) is 3. The van der Waals surface area contributed by atoms with E-state index in [4.69, 9.17) is 14.2 Å². The van der Waals surface area contributed by atoms with Gasteiger partial charge in [-0.05, 0) is 31.1 Å². The molecule has 0 aromatic heterocycles. The third-order valence-corrected chi connectivity index (χ3v) is 15.1. The van der Waals surface area contributed by atoms with Crippen molar-refractivity contribution in [3.63, 3.8) is 0 Å². The molecular formula is C64H124O6. The number of carbonyl (C=O) groups is 3. The molecule has 0 N–H and O–H groups in total. The first kappa shape index (κ1) is 68.4. The summed E-state index contributed by atoms with van der Waals surface area (Å²) >= 11 is 0. The highest BCUT2D eigenvalue weighted by atomic mass is 16.6. The molecule has 0 heterocycles. The summed E-state index contributed by atoms with van der Waals surface area (Å²) in [4.78, 5) is 38.3. The minimum Gasteiger partial charge on any atom is -0.462 e. The molecule has 0 amide bonds. The molecular weight excluding hydrogens is 865 g/mol. The molecule has 0 aliphatic rings. The van der Waals surface area contributed by atoms with Crippen LogP contribution in [0.3, 0.4) is 0 Å². The molecule has 0 bridgehead atoms. The molecule has 6 heteroatoms. The molecule has 0 saturated carbocycles. The maximum atomic E-state index is 12.9. The van der Waals surface area contributed by atoms with Gasteiger partial charge in [-0.25, -0.2) is 0 Å². The Kier molecular flexibility index (Phi) is 55.4. The Labute approximate surface area is 438 Å². The van der Waals surface area contributed by atoms with Gasteiger partial charge in [0, 0.05) is 19.3 Å². The molecule has 0 spiro atoms. The van der Waals surface area contributed by atoms with Crippen molar-refractivity contribution in [3.05, 3.63) is 0 Å². The molecule has 0 radical (unpaired) electrons. The van der Waals surface area contributed by atoms with E-state index in [9.17, 15) is 14.4 Å². The third-order valence-electron chi connectivity index (χ3n) is 15.1. The second kappa shape index (κ2) is 56.7. The van der Waals surface area contributed by atoms with Gasteiger partial charge >= 0.3 is 17.9 Å². The van der Waals surface area contributed by atoms with E-state index in [1.165, 1.54) is 250 Å². The lowest BCUT2D eigenvalue weighted by molar-refractivity contribution is -0.167. The maximum Gasteiger partial charge on any atom is 0.306 e. The maximum absolute atomic E-state index is 12.9. The quantitative estimate of drug-likeness (QED) is 0.0343.